The highest BCUT2D eigenvalue weighted by Crippen LogP contribution is 2.18. The molecule has 2 aromatic rings. The van der Waals surface area contributed by atoms with Crippen molar-refractivity contribution >= 4 is 29.3 Å². The van der Waals surface area contributed by atoms with E-state index in [9.17, 15) is 19.2 Å². The van der Waals surface area contributed by atoms with Gasteiger partial charge in [-0.25, -0.2) is 0 Å². The molecule has 0 saturated carbocycles. The van der Waals surface area contributed by atoms with Crippen molar-refractivity contribution in [1.29, 1.82) is 0 Å². The van der Waals surface area contributed by atoms with Crippen LogP contribution >= 0.6 is 0 Å². The molecule has 30 heavy (non-hydrogen) atoms. The zero-order valence-corrected chi connectivity index (χ0v) is 17.5. The van der Waals surface area contributed by atoms with Crippen molar-refractivity contribution in [2.75, 3.05) is 11.9 Å². The van der Waals surface area contributed by atoms with Crippen LogP contribution in [0.1, 0.15) is 48.4 Å². The van der Waals surface area contributed by atoms with Gasteiger partial charge in [-0.3, -0.25) is 19.2 Å². The summed E-state index contributed by atoms with van der Waals surface area (Å²) < 4.78 is 5.12. The molecule has 1 atom stereocenters. The number of rotatable bonds is 7. The van der Waals surface area contributed by atoms with Gasteiger partial charge in [0.1, 0.15) is 6.54 Å². The molecular weight excluding hydrogens is 384 g/mol. The smallest absolute Gasteiger partial charge is 0.326 e. The molecule has 0 aromatic heterocycles. The summed E-state index contributed by atoms with van der Waals surface area (Å²) in [6.07, 6.45) is -1.01. The Kier molecular flexibility index (Phi) is 7.47. The number of carbonyl (C=O) groups is 4. The van der Waals surface area contributed by atoms with Crippen LogP contribution in [0, 0.1) is 5.41 Å². The molecule has 0 fully saturated rings. The molecule has 0 unspecified atom stereocenters. The highest BCUT2D eigenvalue weighted by atomic mass is 16.5. The summed E-state index contributed by atoms with van der Waals surface area (Å²) in [4.78, 5) is 48.4. The Morgan fingerprint density at radius 2 is 1.50 bits per heavy atom. The largest absolute Gasteiger partial charge is 0.453 e. The maximum Gasteiger partial charge on any atom is 0.326 e. The zero-order valence-electron chi connectivity index (χ0n) is 17.5. The molecule has 2 N–H and O–H groups in total. The van der Waals surface area contributed by atoms with E-state index in [-0.39, 0.29) is 18.2 Å². The Hall–Kier alpha value is -3.48. The van der Waals surface area contributed by atoms with Crippen LogP contribution in [0.25, 0.3) is 0 Å². The van der Waals surface area contributed by atoms with Crippen LogP contribution in [0.15, 0.2) is 54.6 Å². The van der Waals surface area contributed by atoms with Crippen LogP contribution in [-0.4, -0.2) is 36.2 Å². The predicted molar refractivity (Wildman–Crippen MR) is 113 cm³/mol. The lowest BCUT2D eigenvalue weighted by Crippen LogP contribution is -2.34. The van der Waals surface area contributed by atoms with Crippen LogP contribution in [-0.2, 0) is 14.3 Å². The zero-order chi connectivity index (χ0) is 22.3. The molecule has 2 aromatic carbocycles. The Morgan fingerprint density at radius 1 is 0.900 bits per heavy atom. The van der Waals surface area contributed by atoms with Crippen molar-refractivity contribution in [3.05, 3.63) is 65.7 Å². The molecule has 0 bridgehead atoms. The van der Waals surface area contributed by atoms with Crippen molar-refractivity contribution in [1.82, 2.24) is 5.32 Å². The fraction of sp³-hybridized carbons (Fsp3) is 0.304. The quantitative estimate of drug-likeness (QED) is 0.539. The molecule has 0 saturated heterocycles. The highest BCUT2D eigenvalue weighted by molar-refractivity contribution is 6.01. The lowest BCUT2D eigenvalue weighted by molar-refractivity contribution is -0.145. The molecule has 0 aliphatic carbocycles. The van der Waals surface area contributed by atoms with Crippen LogP contribution in [0.3, 0.4) is 0 Å². The fourth-order valence-electron chi connectivity index (χ4n) is 2.41. The second-order valence-electron chi connectivity index (χ2n) is 7.83. The van der Waals surface area contributed by atoms with Gasteiger partial charge in [-0.15, -0.1) is 0 Å². The highest BCUT2D eigenvalue weighted by Gasteiger charge is 2.22. The van der Waals surface area contributed by atoms with Crippen molar-refractivity contribution in [3.63, 3.8) is 0 Å². The van der Waals surface area contributed by atoms with E-state index >= 15 is 0 Å². The number of ether oxygens (including phenoxy) is 1. The molecule has 158 valence electrons. The maximum atomic E-state index is 12.5. The third kappa shape index (κ3) is 6.55. The molecule has 2 rings (SSSR count). The van der Waals surface area contributed by atoms with E-state index in [1.807, 2.05) is 0 Å². The van der Waals surface area contributed by atoms with Gasteiger partial charge < -0.3 is 15.4 Å². The normalized spacial score (nSPS) is 11.9. The summed E-state index contributed by atoms with van der Waals surface area (Å²) in [5.74, 6) is -1.64. The van der Waals surface area contributed by atoms with Crippen LogP contribution < -0.4 is 10.6 Å². The molecule has 0 spiro atoms. The summed E-state index contributed by atoms with van der Waals surface area (Å²) in [7, 11) is 0. The number of carbonyl (C=O) groups excluding carboxylic acids is 4. The van der Waals surface area contributed by atoms with Crippen molar-refractivity contribution in [2.45, 2.75) is 33.8 Å². The van der Waals surface area contributed by atoms with Gasteiger partial charge in [0.25, 0.3) is 5.91 Å². The first-order chi connectivity index (χ1) is 14.1. The molecule has 0 radical (unpaired) electrons. The van der Waals surface area contributed by atoms with Gasteiger partial charge in [0.05, 0.1) is 0 Å². The number of hydrogen-bond donors (Lipinski definition) is 2. The van der Waals surface area contributed by atoms with Crippen molar-refractivity contribution in [2.24, 2.45) is 5.41 Å². The summed E-state index contributed by atoms with van der Waals surface area (Å²) in [6.45, 7) is 6.53. The average molecular weight is 410 g/mol. The number of hydrogen-bond acceptors (Lipinski definition) is 5. The number of nitrogens with one attached hydrogen (secondary N) is 2. The van der Waals surface area contributed by atoms with Gasteiger partial charge in [-0.05, 0) is 43.3 Å². The van der Waals surface area contributed by atoms with Gasteiger partial charge in [0, 0.05) is 22.2 Å². The van der Waals surface area contributed by atoms with Gasteiger partial charge in [0.15, 0.2) is 6.10 Å². The van der Waals surface area contributed by atoms with Gasteiger partial charge in [-0.2, -0.15) is 0 Å². The van der Waals surface area contributed by atoms with Crippen LogP contribution in [0.4, 0.5) is 5.69 Å². The third-order valence-electron chi connectivity index (χ3n) is 4.22. The van der Waals surface area contributed by atoms with E-state index in [4.69, 9.17) is 4.74 Å². The van der Waals surface area contributed by atoms with Crippen molar-refractivity contribution < 1.29 is 23.9 Å². The summed E-state index contributed by atoms with van der Waals surface area (Å²) in [5.41, 5.74) is 0.804. The molecule has 7 heteroatoms. The summed E-state index contributed by atoms with van der Waals surface area (Å²) in [5, 5.41) is 5.23. The van der Waals surface area contributed by atoms with E-state index in [1.54, 1.807) is 75.4 Å². The van der Waals surface area contributed by atoms with E-state index < -0.39 is 23.4 Å². The fourth-order valence-corrected chi connectivity index (χ4v) is 2.41. The maximum absolute atomic E-state index is 12.5. The first kappa shape index (κ1) is 22.8. The molecule has 0 heterocycles. The van der Waals surface area contributed by atoms with Crippen LogP contribution in [0.5, 0.6) is 0 Å². The summed E-state index contributed by atoms with van der Waals surface area (Å²) in [6, 6.07) is 14.8. The topological polar surface area (TPSA) is 102 Å². The van der Waals surface area contributed by atoms with E-state index in [0.717, 1.165) is 0 Å². The Balaban J connectivity index is 1.86. The number of benzene rings is 2. The van der Waals surface area contributed by atoms with Crippen LogP contribution in [0.2, 0.25) is 0 Å². The monoisotopic (exact) mass is 410 g/mol. The van der Waals surface area contributed by atoms with E-state index in [1.165, 1.54) is 6.92 Å². The lowest BCUT2D eigenvalue weighted by Gasteiger charge is -2.18. The number of Topliss-reactive ketones (excluding diaryl/α,β-unsaturated/α-hetero) is 1. The summed E-state index contributed by atoms with van der Waals surface area (Å²) >= 11 is 0. The minimum Gasteiger partial charge on any atom is -0.453 e. The Morgan fingerprint density at radius 3 is 2.07 bits per heavy atom. The standard InChI is InChI=1S/C23H26N2O5/c1-15(30-19(26)14-24-21(28)17-8-6-5-7-9-17)20(27)16-10-12-18(13-11-16)25-22(29)23(2,3)4/h5-13,15H,14H2,1-4H3,(H,24,28)(H,25,29)/t15-/m0/s1. The second kappa shape index (κ2) is 9.82. The van der Waals surface area contributed by atoms with Gasteiger partial charge in [0.2, 0.25) is 11.7 Å². The molecule has 0 aliphatic rings. The number of ketones is 1. The molecular formula is C23H26N2O5. The van der Waals surface area contributed by atoms with Crippen molar-refractivity contribution in [3.8, 4) is 0 Å². The average Bonchev–Trinajstić information content (AvgIpc) is 2.72. The third-order valence-corrected chi connectivity index (χ3v) is 4.22. The number of anilines is 1. The Bertz CT molecular complexity index is 915. The van der Waals surface area contributed by atoms with Gasteiger partial charge in [-0.1, -0.05) is 39.0 Å². The first-order valence-corrected chi connectivity index (χ1v) is 9.56. The SMILES string of the molecule is C[C@H](OC(=O)CNC(=O)c1ccccc1)C(=O)c1ccc(NC(=O)C(C)(C)C)cc1. The number of esters is 1. The second-order valence-corrected chi connectivity index (χ2v) is 7.83. The first-order valence-electron chi connectivity index (χ1n) is 9.56. The van der Waals surface area contributed by atoms with E-state index in [2.05, 4.69) is 10.6 Å². The van der Waals surface area contributed by atoms with Gasteiger partial charge >= 0.3 is 5.97 Å². The Labute approximate surface area is 175 Å². The molecule has 2 amide bonds. The minimum absolute atomic E-state index is 0.138. The number of amides is 2. The lowest BCUT2D eigenvalue weighted by atomic mass is 9.95. The molecule has 7 nitrogen and oxygen atoms in total. The predicted octanol–water partition coefficient (Wildman–Crippen LogP) is 3.22. The molecule has 0 aliphatic heterocycles. The van der Waals surface area contributed by atoms with E-state index in [0.29, 0.717) is 16.8 Å². The minimum atomic E-state index is -1.01.